The minimum absolute atomic E-state index is 0.0165. The van der Waals surface area contributed by atoms with Gasteiger partial charge in [-0.2, -0.15) is 0 Å². The highest BCUT2D eigenvalue weighted by molar-refractivity contribution is 5.78. The molecule has 1 amide bonds. The first-order chi connectivity index (χ1) is 12.1. The Balaban J connectivity index is 1.52. The number of nitrogens with one attached hydrogen (secondary N) is 1. The number of rotatable bonds is 6. The average molecular weight is 340 g/mol. The Bertz CT molecular complexity index is 718. The van der Waals surface area contributed by atoms with Crippen LogP contribution in [0.2, 0.25) is 0 Å². The number of benzene rings is 1. The third kappa shape index (κ3) is 4.57. The number of hydrogen-bond donors (Lipinski definition) is 1. The highest BCUT2D eigenvalue weighted by atomic mass is 16.5. The Morgan fingerprint density at radius 2 is 2.04 bits per heavy atom. The lowest BCUT2D eigenvalue weighted by Crippen LogP contribution is -2.42. The zero-order chi connectivity index (χ0) is 17.6. The van der Waals surface area contributed by atoms with Crippen LogP contribution in [0.25, 0.3) is 0 Å². The molecule has 0 radical (unpaired) electrons. The van der Waals surface area contributed by atoms with Gasteiger partial charge in [-0.15, -0.1) is 0 Å². The molecule has 132 valence electrons. The second-order valence-electron chi connectivity index (χ2n) is 6.52. The minimum atomic E-state index is -0.115. The second kappa shape index (κ2) is 8.12. The molecular formula is C20H24N2O3. The van der Waals surface area contributed by atoms with Gasteiger partial charge in [0, 0.05) is 18.3 Å². The minimum Gasteiger partial charge on any atom is -0.483 e. The molecule has 0 spiro atoms. The van der Waals surface area contributed by atoms with Crippen LogP contribution in [0, 0.1) is 19.8 Å². The van der Waals surface area contributed by atoms with Crippen LogP contribution in [-0.2, 0) is 16.0 Å². The molecule has 0 bridgehead atoms. The molecule has 1 N–H and O–H groups in total. The van der Waals surface area contributed by atoms with Gasteiger partial charge in [-0.05, 0) is 55.2 Å². The third-order valence-corrected chi connectivity index (χ3v) is 4.71. The quantitative estimate of drug-likeness (QED) is 0.877. The standard InChI is InChI=1S/C20H24N2O3/c1-14-4-3-5-19(15(14)2)25-13-20(23)22-18-12-24-11-17(18)10-16-6-8-21-9-7-16/h3-9,17-18H,10-13H2,1-2H3,(H,22,23)/t17-,18-/m1/s1. The van der Waals surface area contributed by atoms with Crippen molar-refractivity contribution in [2.75, 3.05) is 19.8 Å². The van der Waals surface area contributed by atoms with E-state index in [0.717, 1.165) is 23.3 Å². The monoisotopic (exact) mass is 340 g/mol. The predicted molar refractivity (Wildman–Crippen MR) is 95.6 cm³/mol. The van der Waals surface area contributed by atoms with Crippen LogP contribution in [-0.4, -0.2) is 36.8 Å². The number of carbonyl (C=O) groups excluding carboxylic acids is 1. The van der Waals surface area contributed by atoms with E-state index in [-0.39, 0.29) is 24.5 Å². The Labute approximate surface area is 148 Å². The highest BCUT2D eigenvalue weighted by Crippen LogP contribution is 2.21. The van der Waals surface area contributed by atoms with Crippen LogP contribution in [0.15, 0.2) is 42.7 Å². The predicted octanol–water partition coefficient (Wildman–Crippen LogP) is 2.45. The Kier molecular flexibility index (Phi) is 5.66. The molecule has 1 fully saturated rings. The highest BCUT2D eigenvalue weighted by Gasteiger charge is 2.29. The lowest BCUT2D eigenvalue weighted by atomic mass is 9.95. The second-order valence-corrected chi connectivity index (χ2v) is 6.52. The number of amides is 1. The Morgan fingerprint density at radius 1 is 1.24 bits per heavy atom. The first kappa shape index (κ1) is 17.4. The van der Waals surface area contributed by atoms with Gasteiger partial charge in [-0.25, -0.2) is 0 Å². The summed E-state index contributed by atoms with van der Waals surface area (Å²) in [5.41, 5.74) is 3.42. The van der Waals surface area contributed by atoms with Crippen LogP contribution in [0.1, 0.15) is 16.7 Å². The van der Waals surface area contributed by atoms with E-state index in [1.165, 1.54) is 5.56 Å². The van der Waals surface area contributed by atoms with Gasteiger partial charge in [-0.1, -0.05) is 12.1 Å². The van der Waals surface area contributed by atoms with Crippen molar-refractivity contribution in [1.29, 1.82) is 0 Å². The average Bonchev–Trinajstić information content (AvgIpc) is 3.04. The van der Waals surface area contributed by atoms with Crippen molar-refractivity contribution in [3.8, 4) is 5.75 Å². The summed E-state index contributed by atoms with van der Waals surface area (Å²) < 4.78 is 11.3. The fourth-order valence-corrected chi connectivity index (χ4v) is 3.05. The SMILES string of the molecule is Cc1cccc(OCC(=O)N[C@@H]2COC[C@H]2Cc2ccncc2)c1C. The van der Waals surface area contributed by atoms with Crippen LogP contribution < -0.4 is 10.1 Å². The van der Waals surface area contributed by atoms with Gasteiger partial charge in [-0.3, -0.25) is 9.78 Å². The Morgan fingerprint density at radius 3 is 2.84 bits per heavy atom. The number of aryl methyl sites for hydroxylation is 1. The van der Waals surface area contributed by atoms with Crippen molar-refractivity contribution >= 4 is 5.91 Å². The van der Waals surface area contributed by atoms with Crippen molar-refractivity contribution in [3.05, 3.63) is 59.4 Å². The van der Waals surface area contributed by atoms with Gasteiger partial charge in [0.25, 0.3) is 5.91 Å². The van der Waals surface area contributed by atoms with Crippen molar-refractivity contribution in [1.82, 2.24) is 10.3 Å². The number of hydrogen-bond acceptors (Lipinski definition) is 4. The number of ether oxygens (including phenoxy) is 2. The lowest BCUT2D eigenvalue weighted by molar-refractivity contribution is -0.124. The fraction of sp³-hybridized carbons (Fsp3) is 0.400. The van der Waals surface area contributed by atoms with E-state index in [0.29, 0.717) is 13.2 Å². The zero-order valence-electron chi connectivity index (χ0n) is 14.7. The van der Waals surface area contributed by atoms with Gasteiger partial charge >= 0.3 is 0 Å². The molecule has 5 nitrogen and oxygen atoms in total. The van der Waals surface area contributed by atoms with E-state index in [4.69, 9.17) is 9.47 Å². The number of nitrogens with zero attached hydrogens (tertiary/aromatic N) is 1. The zero-order valence-corrected chi connectivity index (χ0v) is 14.7. The number of pyridine rings is 1. The molecule has 1 aliphatic rings. The van der Waals surface area contributed by atoms with Gasteiger partial charge in [0.1, 0.15) is 5.75 Å². The maximum Gasteiger partial charge on any atom is 0.258 e. The van der Waals surface area contributed by atoms with Gasteiger partial charge < -0.3 is 14.8 Å². The van der Waals surface area contributed by atoms with Crippen molar-refractivity contribution in [2.24, 2.45) is 5.92 Å². The summed E-state index contributed by atoms with van der Waals surface area (Å²) >= 11 is 0. The molecule has 2 aromatic rings. The van der Waals surface area contributed by atoms with Gasteiger partial charge in [0.05, 0.1) is 19.3 Å². The number of carbonyl (C=O) groups is 1. The smallest absolute Gasteiger partial charge is 0.258 e. The summed E-state index contributed by atoms with van der Waals surface area (Å²) in [6.07, 6.45) is 4.44. The molecule has 5 heteroatoms. The molecule has 3 rings (SSSR count). The normalized spacial score (nSPS) is 19.6. The summed E-state index contributed by atoms with van der Waals surface area (Å²) in [5.74, 6) is 0.911. The lowest BCUT2D eigenvalue weighted by Gasteiger charge is -2.19. The van der Waals surface area contributed by atoms with E-state index in [1.54, 1.807) is 12.4 Å². The maximum absolute atomic E-state index is 12.3. The number of aromatic nitrogens is 1. The van der Waals surface area contributed by atoms with Gasteiger partial charge in [0.15, 0.2) is 6.61 Å². The topological polar surface area (TPSA) is 60.5 Å². The molecule has 2 heterocycles. The molecule has 1 aromatic carbocycles. The molecule has 1 aromatic heterocycles. The molecule has 0 aliphatic carbocycles. The van der Waals surface area contributed by atoms with Crippen molar-refractivity contribution in [2.45, 2.75) is 26.3 Å². The molecule has 25 heavy (non-hydrogen) atoms. The van der Waals surface area contributed by atoms with Crippen LogP contribution in [0.3, 0.4) is 0 Å². The Hall–Kier alpha value is -2.40. The largest absolute Gasteiger partial charge is 0.483 e. The molecular weight excluding hydrogens is 316 g/mol. The first-order valence-electron chi connectivity index (χ1n) is 8.58. The third-order valence-electron chi connectivity index (χ3n) is 4.71. The van der Waals surface area contributed by atoms with E-state index >= 15 is 0 Å². The van der Waals surface area contributed by atoms with E-state index in [1.807, 2.05) is 44.2 Å². The summed E-state index contributed by atoms with van der Waals surface area (Å²) in [4.78, 5) is 16.3. The van der Waals surface area contributed by atoms with Crippen molar-refractivity contribution in [3.63, 3.8) is 0 Å². The molecule has 1 aliphatic heterocycles. The summed E-state index contributed by atoms with van der Waals surface area (Å²) in [6.45, 7) is 5.25. The molecule has 0 saturated carbocycles. The van der Waals surface area contributed by atoms with Crippen LogP contribution in [0.5, 0.6) is 5.75 Å². The fourth-order valence-electron chi connectivity index (χ4n) is 3.05. The maximum atomic E-state index is 12.3. The molecule has 0 unspecified atom stereocenters. The molecule has 1 saturated heterocycles. The van der Waals surface area contributed by atoms with Crippen LogP contribution >= 0.6 is 0 Å². The summed E-state index contributed by atoms with van der Waals surface area (Å²) in [5, 5.41) is 3.05. The molecule has 2 atom stereocenters. The first-order valence-corrected chi connectivity index (χ1v) is 8.58. The van der Waals surface area contributed by atoms with Gasteiger partial charge in [0.2, 0.25) is 0 Å². The van der Waals surface area contributed by atoms with E-state index in [2.05, 4.69) is 10.3 Å². The summed E-state index contributed by atoms with van der Waals surface area (Å²) in [6, 6.07) is 9.87. The van der Waals surface area contributed by atoms with Crippen molar-refractivity contribution < 1.29 is 14.3 Å². The summed E-state index contributed by atoms with van der Waals surface area (Å²) in [7, 11) is 0. The van der Waals surface area contributed by atoms with Crippen LogP contribution in [0.4, 0.5) is 0 Å². The van der Waals surface area contributed by atoms with E-state index in [9.17, 15) is 4.79 Å². The van der Waals surface area contributed by atoms with E-state index < -0.39 is 0 Å².